The normalized spacial score (nSPS) is 13.8. The average molecular weight is 237 g/mol. The lowest BCUT2D eigenvalue weighted by molar-refractivity contribution is 0.491. The van der Waals surface area contributed by atoms with E-state index in [9.17, 15) is 4.79 Å². The second-order valence-electron chi connectivity index (χ2n) is 4.61. The van der Waals surface area contributed by atoms with Gasteiger partial charge in [0.2, 0.25) is 6.29 Å². The number of carbonyl (C=O) groups excluding carboxylic acids is 1. The van der Waals surface area contributed by atoms with Crippen LogP contribution in [0.5, 0.6) is 0 Å². The van der Waals surface area contributed by atoms with Crippen molar-refractivity contribution in [2.24, 2.45) is 5.92 Å². The van der Waals surface area contributed by atoms with Crippen LogP contribution >= 0.6 is 0 Å². The molecule has 1 nitrogen and oxygen atoms in total. The Labute approximate surface area is 108 Å². The van der Waals surface area contributed by atoms with E-state index < -0.39 is 0 Å². The first kappa shape index (κ1) is 12.6. The van der Waals surface area contributed by atoms with E-state index in [1.807, 2.05) is 43.3 Å². The van der Waals surface area contributed by atoms with Crippen LogP contribution in [0.3, 0.4) is 0 Å². The molecule has 91 valence electrons. The lowest BCUT2D eigenvalue weighted by atomic mass is 9.83. The molecule has 0 aromatic heterocycles. The quantitative estimate of drug-likeness (QED) is 0.774. The van der Waals surface area contributed by atoms with Crippen molar-refractivity contribution in [3.05, 3.63) is 71.8 Å². The molecular weight excluding hydrogens is 220 g/mol. The van der Waals surface area contributed by atoms with Crippen molar-refractivity contribution in [1.82, 2.24) is 0 Å². The lowest BCUT2D eigenvalue weighted by Gasteiger charge is -2.20. The van der Waals surface area contributed by atoms with Gasteiger partial charge in [0.05, 0.1) is 0 Å². The molecule has 0 aliphatic rings. The monoisotopic (exact) mass is 237 g/mol. The second-order valence-corrected chi connectivity index (χ2v) is 4.61. The lowest BCUT2D eigenvalue weighted by Crippen LogP contribution is -2.13. The summed E-state index contributed by atoms with van der Waals surface area (Å²) in [5.41, 5.74) is 2.46. The largest absolute Gasteiger partial charge is 0.291 e. The summed E-state index contributed by atoms with van der Waals surface area (Å²) in [6.45, 7) is 1.94. The minimum absolute atomic E-state index is 0.0902. The summed E-state index contributed by atoms with van der Waals surface area (Å²) >= 11 is 0. The molecule has 1 radical (unpaired) electrons. The smallest absolute Gasteiger partial charge is 0.202 e. The SMILES string of the molecule is CC([C]=O)C(Cc1ccccc1)c1ccccc1. The Morgan fingerprint density at radius 1 is 0.944 bits per heavy atom. The van der Waals surface area contributed by atoms with Crippen LogP contribution in [0.1, 0.15) is 24.0 Å². The van der Waals surface area contributed by atoms with Gasteiger partial charge in [0.1, 0.15) is 0 Å². The highest BCUT2D eigenvalue weighted by atomic mass is 16.1. The minimum Gasteiger partial charge on any atom is -0.291 e. The Morgan fingerprint density at radius 3 is 2.06 bits per heavy atom. The Balaban J connectivity index is 2.24. The van der Waals surface area contributed by atoms with Crippen LogP contribution < -0.4 is 0 Å². The van der Waals surface area contributed by atoms with Crippen molar-refractivity contribution >= 4 is 6.29 Å². The van der Waals surface area contributed by atoms with Crippen LogP contribution in [-0.4, -0.2) is 6.29 Å². The zero-order chi connectivity index (χ0) is 12.8. The van der Waals surface area contributed by atoms with Gasteiger partial charge in [-0.3, -0.25) is 4.79 Å². The van der Waals surface area contributed by atoms with Crippen molar-refractivity contribution in [1.29, 1.82) is 0 Å². The molecule has 0 aliphatic heterocycles. The number of rotatable bonds is 5. The van der Waals surface area contributed by atoms with Gasteiger partial charge in [-0.1, -0.05) is 67.6 Å². The maximum Gasteiger partial charge on any atom is 0.202 e. The van der Waals surface area contributed by atoms with E-state index in [1.54, 1.807) is 0 Å². The zero-order valence-corrected chi connectivity index (χ0v) is 10.5. The topological polar surface area (TPSA) is 17.1 Å². The first-order chi connectivity index (χ1) is 8.81. The average Bonchev–Trinajstić information content (AvgIpc) is 2.46. The highest BCUT2D eigenvalue weighted by Crippen LogP contribution is 2.27. The molecule has 0 saturated heterocycles. The fraction of sp³-hybridized carbons (Fsp3) is 0.235. The van der Waals surface area contributed by atoms with Gasteiger partial charge in [-0.05, 0) is 23.5 Å². The predicted octanol–water partition coefficient (Wildman–Crippen LogP) is 3.76. The molecule has 2 aromatic carbocycles. The summed E-state index contributed by atoms with van der Waals surface area (Å²) in [7, 11) is 0. The summed E-state index contributed by atoms with van der Waals surface area (Å²) in [5, 5.41) is 0. The molecule has 0 heterocycles. The predicted molar refractivity (Wildman–Crippen MR) is 74.2 cm³/mol. The van der Waals surface area contributed by atoms with Gasteiger partial charge in [-0.15, -0.1) is 0 Å². The summed E-state index contributed by atoms with van der Waals surface area (Å²) in [6.07, 6.45) is 3.01. The standard InChI is InChI=1S/C17H17O/c1-14(13-18)17(16-10-6-3-7-11-16)12-15-8-4-2-5-9-15/h2-11,14,17H,12H2,1H3. The van der Waals surface area contributed by atoms with Crippen LogP contribution in [0, 0.1) is 5.92 Å². The van der Waals surface area contributed by atoms with Crippen molar-refractivity contribution < 1.29 is 4.79 Å². The minimum atomic E-state index is -0.0902. The molecule has 0 fully saturated rings. The molecule has 2 rings (SSSR count). The van der Waals surface area contributed by atoms with E-state index in [0.29, 0.717) is 0 Å². The van der Waals surface area contributed by atoms with E-state index in [4.69, 9.17) is 0 Å². The van der Waals surface area contributed by atoms with Gasteiger partial charge in [-0.2, -0.15) is 0 Å². The molecule has 0 N–H and O–H groups in total. The van der Waals surface area contributed by atoms with Gasteiger partial charge >= 0.3 is 0 Å². The van der Waals surface area contributed by atoms with Crippen LogP contribution in [0.2, 0.25) is 0 Å². The summed E-state index contributed by atoms with van der Waals surface area (Å²) in [5.74, 6) is 0.110. The molecule has 0 saturated carbocycles. The van der Waals surface area contributed by atoms with E-state index in [0.717, 1.165) is 6.42 Å². The third-order valence-corrected chi connectivity index (χ3v) is 3.32. The summed E-state index contributed by atoms with van der Waals surface area (Å²) < 4.78 is 0. The fourth-order valence-electron chi connectivity index (χ4n) is 2.23. The van der Waals surface area contributed by atoms with Crippen molar-refractivity contribution in [3.8, 4) is 0 Å². The van der Waals surface area contributed by atoms with Gasteiger partial charge in [-0.25, -0.2) is 0 Å². The third-order valence-electron chi connectivity index (χ3n) is 3.32. The van der Waals surface area contributed by atoms with E-state index >= 15 is 0 Å². The molecule has 0 bridgehead atoms. The first-order valence-corrected chi connectivity index (χ1v) is 6.28. The molecular formula is C17H17O. The van der Waals surface area contributed by atoms with E-state index in [-0.39, 0.29) is 11.8 Å². The molecule has 0 spiro atoms. The van der Waals surface area contributed by atoms with Gasteiger partial charge in [0.15, 0.2) is 0 Å². The van der Waals surface area contributed by atoms with Crippen LogP contribution in [-0.2, 0) is 11.2 Å². The van der Waals surface area contributed by atoms with Gasteiger partial charge in [0.25, 0.3) is 0 Å². The Hall–Kier alpha value is -1.89. The fourth-order valence-corrected chi connectivity index (χ4v) is 2.23. The molecule has 18 heavy (non-hydrogen) atoms. The number of hydrogen-bond donors (Lipinski definition) is 0. The molecule has 0 aliphatic carbocycles. The van der Waals surface area contributed by atoms with Gasteiger partial charge in [0, 0.05) is 5.92 Å². The maximum absolute atomic E-state index is 11.0. The molecule has 2 unspecified atom stereocenters. The third kappa shape index (κ3) is 3.07. The van der Waals surface area contributed by atoms with Crippen LogP contribution in [0.25, 0.3) is 0 Å². The number of hydrogen-bond acceptors (Lipinski definition) is 1. The Kier molecular flexibility index (Phi) is 4.30. The zero-order valence-electron chi connectivity index (χ0n) is 10.5. The molecule has 2 atom stereocenters. The summed E-state index contributed by atoms with van der Waals surface area (Å²) in [4.78, 5) is 11.0. The Bertz CT molecular complexity index is 475. The van der Waals surface area contributed by atoms with Gasteiger partial charge < -0.3 is 0 Å². The Morgan fingerprint density at radius 2 is 1.50 bits per heavy atom. The first-order valence-electron chi connectivity index (χ1n) is 6.28. The molecule has 2 aromatic rings. The van der Waals surface area contributed by atoms with Crippen LogP contribution in [0.15, 0.2) is 60.7 Å². The second kappa shape index (κ2) is 6.15. The van der Waals surface area contributed by atoms with Crippen molar-refractivity contribution in [2.45, 2.75) is 19.3 Å². The van der Waals surface area contributed by atoms with Crippen LogP contribution in [0.4, 0.5) is 0 Å². The van der Waals surface area contributed by atoms with Crippen molar-refractivity contribution in [3.63, 3.8) is 0 Å². The molecule has 0 amide bonds. The number of benzene rings is 2. The van der Waals surface area contributed by atoms with E-state index in [1.165, 1.54) is 11.1 Å². The molecule has 1 heteroatoms. The maximum atomic E-state index is 11.0. The highest BCUT2D eigenvalue weighted by Gasteiger charge is 2.19. The van der Waals surface area contributed by atoms with Crippen molar-refractivity contribution in [2.75, 3.05) is 0 Å². The highest BCUT2D eigenvalue weighted by molar-refractivity contribution is 5.56. The van der Waals surface area contributed by atoms with E-state index in [2.05, 4.69) is 30.6 Å². The summed E-state index contributed by atoms with van der Waals surface area (Å²) in [6, 6.07) is 20.5.